The molecule has 0 aliphatic carbocycles. The summed E-state index contributed by atoms with van der Waals surface area (Å²) in [5.41, 5.74) is 1.06. The minimum Gasteiger partial charge on any atom is -0.497 e. The number of carbonyl (C=O) groups is 1. The minimum atomic E-state index is 0.146. The molecule has 0 bridgehead atoms. The molecular formula is C15H19ClN2O2. The number of ether oxygens (including phenoxy) is 1. The molecule has 20 heavy (non-hydrogen) atoms. The molecule has 0 spiro atoms. The molecule has 0 saturated carbocycles. The van der Waals surface area contributed by atoms with Crippen LogP contribution >= 0.6 is 11.6 Å². The van der Waals surface area contributed by atoms with E-state index >= 15 is 0 Å². The first kappa shape index (κ1) is 13.7. The average molecular weight is 295 g/mol. The summed E-state index contributed by atoms with van der Waals surface area (Å²) in [6.45, 7) is 2.54. The molecule has 2 atom stereocenters. The third-order valence-corrected chi connectivity index (χ3v) is 4.71. The van der Waals surface area contributed by atoms with Crippen LogP contribution in [0.25, 0.3) is 0 Å². The van der Waals surface area contributed by atoms with Gasteiger partial charge in [-0.25, -0.2) is 0 Å². The van der Waals surface area contributed by atoms with Gasteiger partial charge in [0, 0.05) is 24.2 Å². The second-order valence-corrected chi connectivity index (χ2v) is 5.90. The van der Waals surface area contributed by atoms with Gasteiger partial charge in [0.25, 0.3) is 0 Å². The SMILES string of the molecule is COc1ccc(Cl)c(CN2CCC[C@H]3C(=O)NC[C@H]32)c1. The Kier molecular flexibility index (Phi) is 3.85. The molecular weight excluding hydrogens is 276 g/mol. The number of likely N-dealkylation sites (tertiary alicyclic amines) is 1. The van der Waals surface area contributed by atoms with E-state index in [1.54, 1.807) is 7.11 Å². The number of hydrogen-bond acceptors (Lipinski definition) is 3. The molecule has 0 aromatic heterocycles. The fraction of sp³-hybridized carbons (Fsp3) is 0.533. The molecule has 3 rings (SSSR count). The van der Waals surface area contributed by atoms with Crippen molar-refractivity contribution in [1.82, 2.24) is 10.2 Å². The van der Waals surface area contributed by atoms with Gasteiger partial charge in [-0.3, -0.25) is 9.69 Å². The van der Waals surface area contributed by atoms with Gasteiger partial charge in [0.15, 0.2) is 0 Å². The van der Waals surface area contributed by atoms with Gasteiger partial charge in [-0.15, -0.1) is 0 Å². The van der Waals surface area contributed by atoms with Crippen molar-refractivity contribution in [2.45, 2.75) is 25.4 Å². The highest BCUT2D eigenvalue weighted by molar-refractivity contribution is 6.31. The van der Waals surface area contributed by atoms with Gasteiger partial charge in [0.05, 0.1) is 13.0 Å². The van der Waals surface area contributed by atoms with E-state index in [1.807, 2.05) is 18.2 Å². The van der Waals surface area contributed by atoms with E-state index in [1.165, 1.54) is 0 Å². The van der Waals surface area contributed by atoms with Crippen molar-refractivity contribution in [2.75, 3.05) is 20.2 Å². The molecule has 2 aliphatic rings. The van der Waals surface area contributed by atoms with Crippen molar-refractivity contribution < 1.29 is 9.53 Å². The third-order valence-electron chi connectivity index (χ3n) is 4.34. The van der Waals surface area contributed by atoms with Gasteiger partial charge in [-0.1, -0.05) is 11.6 Å². The number of fused-ring (bicyclic) bond motifs is 1. The first-order valence-electron chi connectivity index (χ1n) is 7.03. The van der Waals surface area contributed by atoms with Crippen LogP contribution in [-0.2, 0) is 11.3 Å². The van der Waals surface area contributed by atoms with Gasteiger partial charge in [-0.05, 0) is 43.1 Å². The maximum Gasteiger partial charge on any atom is 0.224 e. The van der Waals surface area contributed by atoms with E-state index in [9.17, 15) is 4.79 Å². The lowest BCUT2D eigenvalue weighted by atomic mass is 9.91. The molecule has 5 heteroatoms. The normalized spacial score (nSPS) is 26.2. The van der Waals surface area contributed by atoms with Crippen LogP contribution in [0.15, 0.2) is 18.2 Å². The molecule has 1 aromatic rings. The minimum absolute atomic E-state index is 0.146. The second kappa shape index (κ2) is 5.62. The van der Waals surface area contributed by atoms with Crippen molar-refractivity contribution in [3.05, 3.63) is 28.8 Å². The molecule has 108 valence electrons. The summed E-state index contributed by atoms with van der Waals surface area (Å²) in [6.07, 6.45) is 2.06. The van der Waals surface area contributed by atoms with Crippen LogP contribution < -0.4 is 10.1 Å². The predicted octanol–water partition coefficient (Wildman–Crippen LogP) is 2.06. The number of benzene rings is 1. The first-order valence-corrected chi connectivity index (χ1v) is 7.41. The zero-order valence-electron chi connectivity index (χ0n) is 11.6. The maximum atomic E-state index is 11.8. The number of methoxy groups -OCH3 is 1. The smallest absolute Gasteiger partial charge is 0.224 e. The van der Waals surface area contributed by atoms with Crippen LogP contribution in [0.4, 0.5) is 0 Å². The Morgan fingerprint density at radius 1 is 1.50 bits per heavy atom. The molecule has 2 saturated heterocycles. The van der Waals surface area contributed by atoms with E-state index in [4.69, 9.17) is 16.3 Å². The van der Waals surface area contributed by atoms with Gasteiger partial charge in [-0.2, -0.15) is 0 Å². The lowest BCUT2D eigenvalue weighted by Gasteiger charge is -2.36. The largest absolute Gasteiger partial charge is 0.497 e. The Morgan fingerprint density at radius 2 is 2.35 bits per heavy atom. The first-order chi connectivity index (χ1) is 9.69. The topological polar surface area (TPSA) is 41.6 Å². The second-order valence-electron chi connectivity index (χ2n) is 5.49. The molecule has 2 heterocycles. The Morgan fingerprint density at radius 3 is 3.15 bits per heavy atom. The number of piperidine rings is 1. The summed E-state index contributed by atoms with van der Waals surface area (Å²) in [5.74, 6) is 1.17. The van der Waals surface area contributed by atoms with E-state index in [0.717, 1.165) is 48.8 Å². The number of rotatable bonds is 3. The Bertz CT molecular complexity index is 521. The summed E-state index contributed by atoms with van der Waals surface area (Å²) in [5, 5.41) is 3.73. The van der Waals surface area contributed by atoms with Crippen LogP contribution in [-0.4, -0.2) is 37.0 Å². The van der Waals surface area contributed by atoms with Gasteiger partial charge in [0.2, 0.25) is 5.91 Å². The van der Waals surface area contributed by atoms with Crippen LogP contribution in [0, 0.1) is 5.92 Å². The highest BCUT2D eigenvalue weighted by Gasteiger charge is 2.40. The summed E-state index contributed by atoms with van der Waals surface area (Å²) in [6, 6.07) is 6.02. The van der Waals surface area contributed by atoms with Crippen molar-refractivity contribution in [3.8, 4) is 5.75 Å². The quantitative estimate of drug-likeness (QED) is 0.928. The third kappa shape index (κ3) is 2.50. The molecule has 4 nitrogen and oxygen atoms in total. The number of nitrogens with zero attached hydrogens (tertiary/aromatic N) is 1. The van der Waals surface area contributed by atoms with Crippen LogP contribution in [0.1, 0.15) is 18.4 Å². The van der Waals surface area contributed by atoms with E-state index in [2.05, 4.69) is 10.2 Å². The van der Waals surface area contributed by atoms with E-state index < -0.39 is 0 Å². The molecule has 1 N–H and O–H groups in total. The van der Waals surface area contributed by atoms with Gasteiger partial charge < -0.3 is 10.1 Å². The fourth-order valence-corrected chi connectivity index (χ4v) is 3.43. The zero-order chi connectivity index (χ0) is 14.1. The maximum absolute atomic E-state index is 11.8. The Labute approximate surface area is 124 Å². The lowest BCUT2D eigenvalue weighted by Crippen LogP contribution is -2.44. The molecule has 1 amide bonds. The molecule has 2 aliphatic heterocycles. The number of halogens is 1. The van der Waals surface area contributed by atoms with Gasteiger partial charge >= 0.3 is 0 Å². The van der Waals surface area contributed by atoms with Crippen molar-refractivity contribution in [1.29, 1.82) is 0 Å². The van der Waals surface area contributed by atoms with Crippen molar-refractivity contribution in [2.24, 2.45) is 5.92 Å². The summed E-state index contributed by atoms with van der Waals surface area (Å²) >= 11 is 6.28. The standard InChI is InChI=1S/C15H19ClN2O2/c1-20-11-4-5-13(16)10(7-11)9-18-6-2-3-12-14(18)8-17-15(12)19/h4-5,7,12,14H,2-3,6,8-9H2,1H3,(H,17,19)/t12-,14-/m1/s1. The summed E-state index contributed by atoms with van der Waals surface area (Å²) in [7, 11) is 1.66. The predicted molar refractivity (Wildman–Crippen MR) is 77.9 cm³/mol. The Balaban J connectivity index is 1.78. The molecule has 1 aromatic carbocycles. The summed E-state index contributed by atoms with van der Waals surface area (Å²) in [4.78, 5) is 14.2. The zero-order valence-corrected chi connectivity index (χ0v) is 12.3. The van der Waals surface area contributed by atoms with Crippen LogP contribution in [0.3, 0.4) is 0 Å². The fourth-order valence-electron chi connectivity index (χ4n) is 3.25. The molecule has 0 unspecified atom stereocenters. The highest BCUT2D eigenvalue weighted by atomic mass is 35.5. The number of nitrogens with one attached hydrogen (secondary N) is 1. The summed E-state index contributed by atoms with van der Waals surface area (Å²) < 4.78 is 5.26. The average Bonchev–Trinajstić information content (AvgIpc) is 2.84. The van der Waals surface area contributed by atoms with Crippen molar-refractivity contribution >= 4 is 17.5 Å². The van der Waals surface area contributed by atoms with E-state index in [0.29, 0.717) is 6.04 Å². The van der Waals surface area contributed by atoms with Crippen molar-refractivity contribution in [3.63, 3.8) is 0 Å². The Hall–Kier alpha value is -1.26. The van der Waals surface area contributed by atoms with Crippen LogP contribution in [0.5, 0.6) is 5.75 Å². The van der Waals surface area contributed by atoms with Crippen LogP contribution in [0.2, 0.25) is 5.02 Å². The molecule has 2 fully saturated rings. The lowest BCUT2D eigenvalue weighted by molar-refractivity contribution is -0.124. The van der Waals surface area contributed by atoms with E-state index in [-0.39, 0.29) is 11.8 Å². The van der Waals surface area contributed by atoms with Gasteiger partial charge in [0.1, 0.15) is 5.75 Å². The number of amides is 1. The molecule has 0 radical (unpaired) electrons. The number of hydrogen-bond donors (Lipinski definition) is 1. The monoisotopic (exact) mass is 294 g/mol. The highest BCUT2D eigenvalue weighted by Crippen LogP contribution is 2.30. The number of carbonyl (C=O) groups excluding carboxylic acids is 1.